The normalized spacial score (nSPS) is 10.9. The number of aromatic nitrogens is 1. The Morgan fingerprint density at radius 1 is 1.20 bits per heavy atom. The number of benzene rings is 2. The number of oxazole rings is 1. The van der Waals surface area contributed by atoms with Crippen molar-refractivity contribution >= 4 is 11.1 Å². The van der Waals surface area contributed by atoms with Crippen LogP contribution in [0.25, 0.3) is 22.6 Å². The molecule has 0 amide bonds. The summed E-state index contributed by atoms with van der Waals surface area (Å²) < 4.78 is 11.0. The molecule has 0 saturated carbocycles. The Hall–Kier alpha value is -2.33. The van der Waals surface area contributed by atoms with Crippen molar-refractivity contribution in [3.8, 4) is 17.2 Å². The summed E-state index contributed by atoms with van der Waals surface area (Å²) in [5, 5.41) is 0. The van der Waals surface area contributed by atoms with E-state index in [0.717, 1.165) is 34.4 Å². The third-order valence-corrected chi connectivity index (χ3v) is 3.26. The molecule has 4 nitrogen and oxygen atoms in total. The number of hydrogen-bond donors (Lipinski definition) is 1. The van der Waals surface area contributed by atoms with Crippen LogP contribution in [0.2, 0.25) is 0 Å². The van der Waals surface area contributed by atoms with E-state index >= 15 is 0 Å². The number of fused-ring (bicyclic) bond motifs is 1. The lowest BCUT2D eigenvalue weighted by Crippen LogP contribution is -2.03. The molecule has 0 aliphatic heterocycles. The molecule has 0 atom stereocenters. The first kappa shape index (κ1) is 12.7. The molecule has 0 radical (unpaired) electrons. The van der Waals surface area contributed by atoms with Gasteiger partial charge in [0.2, 0.25) is 5.89 Å². The molecular formula is C16H16N2O2. The van der Waals surface area contributed by atoms with Gasteiger partial charge in [-0.05, 0) is 36.7 Å². The number of nitrogens with zero attached hydrogens (tertiary/aromatic N) is 1. The molecule has 3 rings (SSSR count). The molecule has 0 aliphatic rings. The van der Waals surface area contributed by atoms with Gasteiger partial charge in [0.25, 0.3) is 0 Å². The molecule has 0 saturated heterocycles. The van der Waals surface area contributed by atoms with Gasteiger partial charge < -0.3 is 14.9 Å². The van der Waals surface area contributed by atoms with Crippen LogP contribution in [0, 0.1) is 0 Å². The first-order valence-corrected chi connectivity index (χ1v) is 6.55. The van der Waals surface area contributed by atoms with Crippen LogP contribution in [0.4, 0.5) is 0 Å². The summed E-state index contributed by atoms with van der Waals surface area (Å²) in [6, 6.07) is 13.6. The Kier molecular flexibility index (Phi) is 3.39. The van der Waals surface area contributed by atoms with Crippen molar-refractivity contribution in [2.75, 3.05) is 13.7 Å². The average Bonchev–Trinajstić information content (AvgIpc) is 2.90. The van der Waals surface area contributed by atoms with Crippen LogP contribution >= 0.6 is 0 Å². The summed E-state index contributed by atoms with van der Waals surface area (Å²) in [6.07, 6.45) is 0.804. The van der Waals surface area contributed by atoms with Crippen molar-refractivity contribution in [2.45, 2.75) is 6.42 Å². The zero-order valence-electron chi connectivity index (χ0n) is 11.3. The van der Waals surface area contributed by atoms with Crippen LogP contribution in [-0.4, -0.2) is 18.6 Å². The standard InChI is InChI=1S/C16H16N2O2/c1-19-12-6-7-15-14(10-12)18-16(20-15)13-5-3-2-4-11(13)8-9-17/h2-7,10H,8-9,17H2,1H3. The maximum absolute atomic E-state index is 5.83. The fraction of sp³-hybridized carbons (Fsp3) is 0.188. The first-order valence-electron chi connectivity index (χ1n) is 6.55. The van der Waals surface area contributed by atoms with Crippen molar-refractivity contribution in [3.05, 3.63) is 48.0 Å². The number of rotatable bonds is 4. The predicted octanol–water partition coefficient (Wildman–Crippen LogP) is 3.00. The van der Waals surface area contributed by atoms with E-state index in [1.165, 1.54) is 0 Å². The Balaban J connectivity index is 2.10. The second kappa shape index (κ2) is 5.35. The van der Waals surface area contributed by atoms with Gasteiger partial charge in [0, 0.05) is 11.6 Å². The maximum Gasteiger partial charge on any atom is 0.227 e. The van der Waals surface area contributed by atoms with E-state index in [1.807, 2.05) is 36.4 Å². The van der Waals surface area contributed by atoms with Gasteiger partial charge in [-0.3, -0.25) is 0 Å². The SMILES string of the molecule is COc1ccc2oc(-c3ccccc3CCN)nc2c1. The minimum absolute atomic E-state index is 0.602. The summed E-state index contributed by atoms with van der Waals surface area (Å²) in [5.41, 5.74) is 9.34. The van der Waals surface area contributed by atoms with Gasteiger partial charge in [-0.15, -0.1) is 0 Å². The van der Waals surface area contributed by atoms with Crippen molar-refractivity contribution in [1.82, 2.24) is 4.98 Å². The molecule has 0 unspecified atom stereocenters. The van der Waals surface area contributed by atoms with Gasteiger partial charge in [0.1, 0.15) is 11.3 Å². The summed E-state index contributed by atoms with van der Waals surface area (Å²) in [5.74, 6) is 1.39. The van der Waals surface area contributed by atoms with Gasteiger partial charge in [-0.2, -0.15) is 0 Å². The highest BCUT2D eigenvalue weighted by molar-refractivity contribution is 5.78. The molecule has 0 spiro atoms. The van der Waals surface area contributed by atoms with Crippen LogP contribution in [0.1, 0.15) is 5.56 Å². The molecular weight excluding hydrogens is 252 g/mol. The van der Waals surface area contributed by atoms with Crippen LogP contribution in [-0.2, 0) is 6.42 Å². The number of nitrogens with two attached hydrogens (primary N) is 1. The summed E-state index contributed by atoms with van der Waals surface area (Å²) in [6.45, 7) is 0.602. The Morgan fingerprint density at radius 2 is 2.05 bits per heavy atom. The highest BCUT2D eigenvalue weighted by atomic mass is 16.5. The van der Waals surface area contributed by atoms with Crippen LogP contribution in [0.15, 0.2) is 46.9 Å². The van der Waals surface area contributed by atoms with Crippen molar-refractivity contribution in [1.29, 1.82) is 0 Å². The van der Waals surface area contributed by atoms with E-state index in [0.29, 0.717) is 12.4 Å². The molecule has 4 heteroatoms. The van der Waals surface area contributed by atoms with Gasteiger partial charge in [-0.1, -0.05) is 18.2 Å². The first-order chi connectivity index (χ1) is 9.81. The minimum atomic E-state index is 0.602. The smallest absolute Gasteiger partial charge is 0.227 e. The summed E-state index contributed by atoms with van der Waals surface area (Å²) >= 11 is 0. The molecule has 102 valence electrons. The zero-order valence-corrected chi connectivity index (χ0v) is 11.3. The lowest BCUT2D eigenvalue weighted by Gasteiger charge is -2.04. The van der Waals surface area contributed by atoms with Gasteiger partial charge >= 0.3 is 0 Å². The van der Waals surface area contributed by atoms with Crippen LogP contribution in [0.5, 0.6) is 5.75 Å². The molecule has 1 heterocycles. The maximum atomic E-state index is 5.83. The average molecular weight is 268 g/mol. The largest absolute Gasteiger partial charge is 0.497 e. The summed E-state index contributed by atoms with van der Waals surface area (Å²) in [4.78, 5) is 4.55. The third kappa shape index (κ3) is 2.26. The van der Waals surface area contributed by atoms with Crippen molar-refractivity contribution < 1.29 is 9.15 Å². The van der Waals surface area contributed by atoms with E-state index in [1.54, 1.807) is 7.11 Å². The molecule has 0 aliphatic carbocycles. The van der Waals surface area contributed by atoms with E-state index < -0.39 is 0 Å². The molecule has 3 aromatic rings. The topological polar surface area (TPSA) is 61.3 Å². The number of ether oxygens (including phenoxy) is 1. The summed E-state index contributed by atoms with van der Waals surface area (Å²) in [7, 11) is 1.64. The lowest BCUT2D eigenvalue weighted by atomic mass is 10.0. The highest BCUT2D eigenvalue weighted by Crippen LogP contribution is 2.29. The van der Waals surface area contributed by atoms with E-state index in [9.17, 15) is 0 Å². The minimum Gasteiger partial charge on any atom is -0.497 e. The van der Waals surface area contributed by atoms with Crippen LogP contribution in [0.3, 0.4) is 0 Å². The second-order valence-electron chi connectivity index (χ2n) is 4.55. The van der Waals surface area contributed by atoms with Gasteiger partial charge in [-0.25, -0.2) is 4.98 Å². The second-order valence-corrected chi connectivity index (χ2v) is 4.55. The third-order valence-electron chi connectivity index (χ3n) is 3.26. The Morgan fingerprint density at radius 3 is 2.85 bits per heavy atom. The van der Waals surface area contributed by atoms with Crippen molar-refractivity contribution in [2.24, 2.45) is 5.73 Å². The Bertz CT molecular complexity index is 734. The lowest BCUT2D eigenvalue weighted by molar-refractivity contribution is 0.415. The highest BCUT2D eigenvalue weighted by Gasteiger charge is 2.12. The molecule has 1 aromatic heterocycles. The predicted molar refractivity (Wildman–Crippen MR) is 78.8 cm³/mol. The fourth-order valence-electron chi connectivity index (χ4n) is 2.25. The quantitative estimate of drug-likeness (QED) is 0.790. The number of methoxy groups -OCH3 is 1. The van der Waals surface area contributed by atoms with Gasteiger partial charge in [0.15, 0.2) is 5.58 Å². The van der Waals surface area contributed by atoms with E-state index in [2.05, 4.69) is 11.1 Å². The fourth-order valence-corrected chi connectivity index (χ4v) is 2.25. The van der Waals surface area contributed by atoms with Crippen LogP contribution < -0.4 is 10.5 Å². The molecule has 20 heavy (non-hydrogen) atoms. The zero-order chi connectivity index (χ0) is 13.9. The van der Waals surface area contributed by atoms with Gasteiger partial charge in [0.05, 0.1) is 7.11 Å². The molecule has 2 aromatic carbocycles. The molecule has 0 bridgehead atoms. The van der Waals surface area contributed by atoms with Crippen molar-refractivity contribution in [3.63, 3.8) is 0 Å². The molecule has 0 fully saturated rings. The molecule has 2 N–H and O–H groups in total. The Labute approximate surface area is 117 Å². The monoisotopic (exact) mass is 268 g/mol. The number of hydrogen-bond acceptors (Lipinski definition) is 4. The van der Waals surface area contributed by atoms with E-state index in [4.69, 9.17) is 14.9 Å². The van der Waals surface area contributed by atoms with E-state index in [-0.39, 0.29) is 0 Å².